The monoisotopic (exact) mass is 291 g/mol. The van der Waals surface area contributed by atoms with E-state index in [-0.39, 0.29) is 17.9 Å². The van der Waals surface area contributed by atoms with Gasteiger partial charge in [-0.1, -0.05) is 24.2 Å². The van der Waals surface area contributed by atoms with Crippen LogP contribution in [0.5, 0.6) is 0 Å². The van der Waals surface area contributed by atoms with Crippen LogP contribution in [0.4, 0.5) is 4.39 Å². The first-order valence-electron chi connectivity index (χ1n) is 7.14. The van der Waals surface area contributed by atoms with Gasteiger partial charge in [0.25, 0.3) is 0 Å². The zero-order chi connectivity index (χ0) is 15.4. The van der Waals surface area contributed by atoms with Gasteiger partial charge in [-0.3, -0.25) is 4.90 Å². The van der Waals surface area contributed by atoms with Gasteiger partial charge in [0.1, 0.15) is 11.6 Å². The summed E-state index contributed by atoms with van der Waals surface area (Å²) in [6.07, 6.45) is 0.809. The maximum atomic E-state index is 13.5. The van der Waals surface area contributed by atoms with Crippen LogP contribution in [0.2, 0.25) is 0 Å². The minimum Gasteiger partial charge on any atom is -0.361 e. The third-order valence-corrected chi connectivity index (χ3v) is 3.63. The zero-order valence-corrected chi connectivity index (χ0v) is 12.7. The number of hydrogen-bond donors (Lipinski definition) is 1. The molecule has 1 aromatic heterocycles. The first-order chi connectivity index (χ1) is 10.0. The van der Waals surface area contributed by atoms with Gasteiger partial charge in [0.2, 0.25) is 0 Å². The number of benzene rings is 1. The Morgan fingerprint density at radius 2 is 2.14 bits per heavy atom. The second-order valence-corrected chi connectivity index (χ2v) is 5.42. The zero-order valence-electron chi connectivity index (χ0n) is 12.7. The van der Waals surface area contributed by atoms with Crippen molar-refractivity contribution < 1.29 is 8.91 Å². The van der Waals surface area contributed by atoms with Gasteiger partial charge in [0.15, 0.2) is 0 Å². The number of hydrogen-bond acceptors (Lipinski definition) is 4. The number of rotatable bonds is 6. The highest BCUT2D eigenvalue weighted by Crippen LogP contribution is 2.26. The molecule has 0 aliphatic heterocycles. The van der Waals surface area contributed by atoms with Crippen LogP contribution in [-0.4, -0.2) is 23.1 Å². The first-order valence-corrected chi connectivity index (χ1v) is 7.14. The van der Waals surface area contributed by atoms with E-state index in [4.69, 9.17) is 10.3 Å². The molecule has 0 amide bonds. The molecule has 0 fully saturated rings. The van der Waals surface area contributed by atoms with Gasteiger partial charge >= 0.3 is 0 Å². The van der Waals surface area contributed by atoms with Gasteiger partial charge in [-0.05, 0) is 38.1 Å². The summed E-state index contributed by atoms with van der Waals surface area (Å²) in [7, 11) is 1.97. The number of nitrogens with two attached hydrogens (primary N) is 1. The van der Waals surface area contributed by atoms with E-state index in [2.05, 4.69) is 10.1 Å². The summed E-state index contributed by atoms with van der Waals surface area (Å²) >= 11 is 0. The minimum atomic E-state index is -0.244. The molecule has 2 aromatic rings. The van der Waals surface area contributed by atoms with Crippen molar-refractivity contribution in [3.8, 4) is 0 Å². The summed E-state index contributed by atoms with van der Waals surface area (Å²) in [4.78, 5) is 2.08. The maximum Gasteiger partial charge on any atom is 0.133 e. The van der Waals surface area contributed by atoms with Crippen LogP contribution < -0.4 is 5.73 Å². The molecule has 21 heavy (non-hydrogen) atoms. The van der Waals surface area contributed by atoms with Gasteiger partial charge < -0.3 is 10.3 Å². The Labute approximate surface area is 124 Å². The summed E-state index contributed by atoms with van der Waals surface area (Å²) in [6.45, 7) is 4.50. The Morgan fingerprint density at radius 3 is 2.71 bits per heavy atom. The lowest BCUT2D eigenvalue weighted by Gasteiger charge is -2.32. The fraction of sp³-hybridized carbons (Fsp3) is 0.438. The number of aromatic nitrogens is 1. The van der Waals surface area contributed by atoms with Gasteiger partial charge in [-0.15, -0.1) is 0 Å². The van der Waals surface area contributed by atoms with Crippen LogP contribution >= 0.6 is 0 Å². The second kappa shape index (κ2) is 6.83. The van der Waals surface area contributed by atoms with Crippen molar-refractivity contribution in [1.29, 1.82) is 0 Å². The second-order valence-electron chi connectivity index (χ2n) is 5.42. The smallest absolute Gasteiger partial charge is 0.133 e. The van der Waals surface area contributed by atoms with Crippen LogP contribution in [0, 0.1) is 12.7 Å². The van der Waals surface area contributed by atoms with Crippen LogP contribution in [0.1, 0.15) is 36.4 Å². The van der Waals surface area contributed by atoms with Crippen molar-refractivity contribution in [3.63, 3.8) is 0 Å². The molecule has 0 saturated heterocycles. The molecule has 2 atom stereocenters. The van der Waals surface area contributed by atoms with Crippen LogP contribution in [0.3, 0.4) is 0 Å². The van der Waals surface area contributed by atoms with Gasteiger partial charge in [0, 0.05) is 18.7 Å². The SMILES string of the molecule is CCC(N)C(c1cccc(F)c1)N(C)Cc1cc(C)on1. The van der Waals surface area contributed by atoms with Crippen molar-refractivity contribution in [1.82, 2.24) is 10.1 Å². The molecule has 2 unspecified atom stereocenters. The largest absolute Gasteiger partial charge is 0.361 e. The Kier molecular flexibility index (Phi) is 5.09. The normalized spacial score (nSPS) is 14.4. The first kappa shape index (κ1) is 15.7. The van der Waals surface area contributed by atoms with Crippen LogP contribution in [0.15, 0.2) is 34.9 Å². The van der Waals surface area contributed by atoms with Crippen molar-refractivity contribution in [3.05, 3.63) is 53.2 Å². The van der Waals surface area contributed by atoms with Crippen molar-refractivity contribution in [2.24, 2.45) is 5.73 Å². The van der Waals surface area contributed by atoms with E-state index in [1.165, 1.54) is 6.07 Å². The van der Waals surface area contributed by atoms with E-state index in [1.807, 2.05) is 33.0 Å². The number of halogens is 1. The Morgan fingerprint density at radius 1 is 1.38 bits per heavy atom. The third-order valence-electron chi connectivity index (χ3n) is 3.63. The quantitative estimate of drug-likeness (QED) is 0.889. The predicted molar refractivity (Wildman–Crippen MR) is 80.1 cm³/mol. The lowest BCUT2D eigenvalue weighted by molar-refractivity contribution is 0.196. The van der Waals surface area contributed by atoms with E-state index in [0.29, 0.717) is 6.54 Å². The molecule has 1 aromatic carbocycles. The molecule has 0 spiro atoms. The molecule has 2 rings (SSSR count). The van der Waals surface area contributed by atoms with Crippen LogP contribution in [0.25, 0.3) is 0 Å². The molecule has 114 valence electrons. The molecule has 0 saturated carbocycles. The van der Waals surface area contributed by atoms with Crippen molar-refractivity contribution in [2.75, 3.05) is 7.05 Å². The third kappa shape index (κ3) is 3.89. The summed E-state index contributed by atoms with van der Waals surface area (Å²) in [5, 5.41) is 4.00. The Balaban J connectivity index is 2.23. The van der Waals surface area contributed by atoms with E-state index in [1.54, 1.807) is 12.1 Å². The molecule has 0 aliphatic carbocycles. The average Bonchev–Trinajstić information content (AvgIpc) is 2.84. The predicted octanol–water partition coefficient (Wildman–Crippen LogP) is 3.03. The molecule has 4 nitrogen and oxygen atoms in total. The Bertz CT molecular complexity index is 584. The molecular formula is C16H22FN3O. The van der Waals surface area contributed by atoms with Gasteiger partial charge in [0.05, 0.1) is 11.7 Å². The average molecular weight is 291 g/mol. The van der Waals surface area contributed by atoms with Crippen molar-refractivity contribution >= 4 is 0 Å². The van der Waals surface area contributed by atoms with Crippen LogP contribution in [-0.2, 0) is 6.54 Å². The summed E-state index contributed by atoms with van der Waals surface area (Å²) < 4.78 is 18.6. The standard InChI is InChI=1S/C16H22FN3O/c1-4-15(18)16(12-6-5-7-13(17)9-12)20(3)10-14-8-11(2)21-19-14/h5-9,15-16H,4,10,18H2,1-3H3. The summed E-state index contributed by atoms with van der Waals surface area (Å²) in [6, 6.07) is 8.37. The fourth-order valence-electron chi connectivity index (χ4n) is 2.59. The highest BCUT2D eigenvalue weighted by atomic mass is 19.1. The molecule has 2 N–H and O–H groups in total. The highest BCUT2D eigenvalue weighted by Gasteiger charge is 2.24. The molecule has 0 radical (unpaired) electrons. The maximum absolute atomic E-state index is 13.5. The number of aryl methyl sites for hydroxylation is 1. The molecule has 1 heterocycles. The Hall–Kier alpha value is -1.72. The highest BCUT2D eigenvalue weighted by molar-refractivity contribution is 5.22. The lowest BCUT2D eigenvalue weighted by atomic mass is 9.96. The van der Waals surface area contributed by atoms with E-state index in [0.717, 1.165) is 23.4 Å². The van der Waals surface area contributed by atoms with Gasteiger partial charge in [-0.2, -0.15) is 0 Å². The molecule has 5 heteroatoms. The summed E-state index contributed by atoms with van der Waals surface area (Å²) in [5.41, 5.74) is 7.98. The number of likely N-dealkylation sites (N-methyl/N-ethyl adjacent to an activating group) is 1. The molecule has 0 bridgehead atoms. The van der Waals surface area contributed by atoms with E-state index >= 15 is 0 Å². The van der Waals surface area contributed by atoms with E-state index < -0.39 is 0 Å². The van der Waals surface area contributed by atoms with Gasteiger partial charge in [-0.25, -0.2) is 4.39 Å². The molecular weight excluding hydrogens is 269 g/mol. The lowest BCUT2D eigenvalue weighted by Crippen LogP contribution is -2.38. The number of nitrogens with zero attached hydrogens (tertiary/aromatic N) is 2. The van der Waals surface area contributed by atoms with Crippen molar-refractivity contribution in [2.45, 2.75) is 38.9 Å². The molecule has 0 aliphatic rings. The van der Waals surface area contributed by atoms with E-state index in [9.17, 15) is 4.39 Å². The minimum absolute atomic E-state index is 0.0669. The topological polar surface area (TPSA) is 55.3 Å². The fourth-order valence-corrected chi connectivity index (χ4v) is 2.59. The summed E-state index contributed by atoms with van der Waals surface area (Å²) in [5.74, 6) is 0.534.